The quantitative estimate of drug-likeness (QED) is 0.718. The largest absolute Gasteiger partial charge is 0.384 e. The molecule has 2 rings (SSSR count). The van der Waals surface area contributed by atoms with E-state index < -0.39 is 0 Å². The van der Waals surface area contributed by atoms with Crippen LogP contribution in [0.1, 0.15) is 43.7 Å². The summed E-state index contributed by atoms with van der Waals surface area (Å²) in [6.45, 7) is 3.38. The van der Waals surface area contributed by atoms with E-state index in [-0.39, 0.29) is 0 Å². The molecule has 1 heteroatoms. The number of hydrogen-bond acceptors (Lipinski definition) is 1. The molecule has 0 spiro atoms. The van der Waals surface area contributed by atoms with E-state index >= 15 is 0 Å². The van der Waals surface area contributed by atoms with Gasteiger partial charge in [0, 0.05) is 12.2 Å². The lowest BCUT2D eigenvalue weighted by molar-refractivity contribution is 0.667. The fourth-order valence-electron chi connectivity index (χ4n) is 2.25. The van der Waals surface area contributed by atoms with Crippen LogP contribution < -0.4 is 5.32 Å². The molecule has 1 N–H and O–H groups in total. The van der Waals surface area contributed by atoms with Crippen LogP contribution in [-0.4, -0.2) is 6.54 Å². The van der Waals surface area contributed by atoms with Gasteiger partial charge in [-0.1, -0.05) is 38.3 Å². The Kier molecular flexibility index (Phi) is 3.65. The third-order valence-electron chi connectivity index (χ3n) is 3.20. The fourth-order valence-corrected chi connectivity index (χ4v) is 2.25. The molecule has 0 radical (unpaired) electrons. The van der Waals surface area contributed by atoms with Crippen LogP contribution in [0.3, 0.4) is 0 Å². The van der Waals surface area contributed by atoms with Crippen molar-refractivity contribution in [1.82, 2.24) is 0 Å². The highest BCUT2D eigenvalue weighted by molar-refractivity contribution is 5.57. The summed E-state index contributed by atoms with van der Waals surface area (Å²) in [7, 11) is 0. The molecule has 15 heavy (non-hydrogen) atoms. The van der Waals surface area contributed by atoms with Crippen molar-refractivity contribution in [2.75, 3.05) is 11.9 Å². The lowest BCUT2D eigenvalue weighted by Gasteiger charge is -2.04. The maximum Gasteiger partial charge on any atom is 0.0376 e. The van der Waals surface area contributed by atoms with Crippen LogP contribution in [0.2, 0.25) is 0 Å². The topological polar surface area (TPSA) is 12.0 Å². The minimum absolute atomic E-state index is 1.12. The molecule has 0 amide bonds. The maximum atomic E-state index is 3.44. The Labute approximate surface area is 92.9 Å². The Hall–Kier alpha value is -0.980. The first kappa shape index (κ1) is 10.5. The minimum Gasteiger partial charge on any atom is -0.384 e. The summed E-state index contributed by atoms with van der Waals surface area (Å²) in [6, 6.07) is 6.94. The van der Waals surface area contributed by atoms with Gasteiger partial charge in [-0.25, -0.2) is 0 Å². The second-order valence-electron chi connectivity index (χ2n) is 4.48. The zero-order valence-electron chi connectivity index (χ0n) is 9.68. The van der Waals surface area contributed by atoms with E-state index in [1.54, 1.807) is 0 Å². The SMILES string of the molecule is CCCCCCc1ccc2c(c1)NCC2. The second kappa shape index (κ2) is 5.20. The highest BCUT2D eigenvalue weighted by Gasteiger charge is 2.09. The summed E-state index contributed by atoms with van der Waals surface area (Å²) in [5, 5.41) is 3.44. The number of hydrogen-bond donors (Lipinski definition) is 1. The Morgan fingerprint density at radius 1 is 1.20 bits per heavy atom. The number of anilines is 1. The number of benzene rings is 1. The molecule has 0 atom stereocenters. The Balaban J connectivity index is 1.87. The predicted molar refractivity (Wildman–Crippen MR) is 66.5 cm³/mol. The molecule has 1 nitrogen and oxygen atoms in total. The average molecular weight is 203 g/mol. The smallest absolute Gasteiger partial charge is 0.0376 e. The molecule has 0 saturated carbocycles. The fraction of sp³-hybridized carbons (Fsp3) is 0.571. The van der Waals surface area contributed by atoms with E-state index in [1.807, 2.05) is 0 Å². The first-order valence-electron chi connectivity index (χ1n) is 6.26. The van der Waals surface area contributed by atoms with E-state index in [9.17, 15) is 0 Å². The summed E-state index contributed by atoms with van der Waals surface area (Å²) in [5.41, 5.74) is 4.37. The second-order valence-corrected chi connectivity index (χ2v) is 4.48. The number of rotatable bonds is 5. The van der Waals surface area contributed by atoms with Crippen molar-refractivity contribution in [1.29, 1.82) is 0 Å². The molecule has 1 aromatic carbocycles. The Morgan fingerprint density at radius 2 is 2.13 bits per heavy atom. The van der Waals surface area contributed by atoms with Gasteiger partial charge in [-0.15, -0.1) is 0 Å². The molecule has 1 aromatic rings. The lowest BCUT2D eigenvalue weighted by atomic mass is 10.0. The molecular weight excluding hydrogens is 182 g/mol. The van der Waals surface area contributed by atoms with Gasteiger partial charge >= 0.3 is 0 Å². The molecule has 1 heterocycles. The van der Waals surface area contributed by atoms with Crippen LogP contribution in [0.5, 0.6) is 0 Å². The van der Waals surface area contributed by atoms with Crippen molar-refractivity contribution in [3.63, 3.8) is 0 Å². The van der Waals surface area contributed by atoms with Crippen LogP contribution in [0.4, 0.5) is 5.69 Å². The van der Waals surface area contributed by atoms with Crippen LogP contribution >= 0.6 is 0 Å². The summed E-state index contributed by atoms with van der Waals surface area (Å²) in [5.74, 6) is 0. The Bertz CT molecular complexity index is 317. The molecule has 82 valence electrons. The number of aryl methyl sites for hydroxylation is 1. The van der Waals surface area contributed by atoms with E-state index in [0.29, 0.717) is 0 Å². The van der Waals surface area contributed by atoms with Crippen LogP contribution in [0.15, 0.2) is 18.2 Å². The van der Waals surface area contributed by atoms with Crippen molar-refractivity contribution in [3.05, 3.63) is 29.3 Å². The standard InChI is InChI=1S/C14H21N/c1-2-3-4-5-6-12-7-8-13-9-10-15-14(13)11-12/h7-8,11,15H,2-6,9-10H2,1H3. The van der Waals surface area contributed by atoms with Gasteiger partial charge in [-0.3, -0.25) is 0 Å². The highest BCUT2D eigenvalue weighted by atomic mass is 14.9. The molecule has 0 unspecified atom stereocenters. The van der Waals surface area contributed by atoms with Crippen molar-refractivity contribution < 1.29 is 0 Å². The summed E-state index contributed by atoms with van der Waals surface area (Å²) < 4.78 is 0. The molecule has 1 aliphatic heterocycles. The van der Waals surface area contributed by atoms with Gasteiger partial charge in [0.15, 0.2) is 0 Å². The van der Waals surface area contributed by atoms with Gasteiger partial charge in [0.2, 0.25) is 0 Å². The molecule has 0 fully saturated rings. The first-order chi connectivity index (χ1) is 7.40. The van der Waals surface area contributed by atoms with Crippen LogP contribution in [-0.2, 0) is 12.8 Å². The van der Waals surface area contributed by atoms with E-state index in [4.69, 9.17) is 0 Å². The molecule has 0 bridgehead atoms. The van der Waals surface area contributed by atoms with Gasteiger partial charge in [0.1, 0.15) is 0 Å². The number of nitrogens with one attached hydrogen (secondary N) is 1. The molecular formula is C14H21N. The van der Waals surface area contributed by atoms with Crippen LogP contribution in [0.25, 0.3) is 0 Å². The predicted octanol–water partition coefficient (Wildman–Crippen LogP) is 3.78. The molecule has 0 saturated heterocycles. The minimum atomic E-state index is 1.12. The maximum absolute atomic E-state index is 3.44. The van der Waals surface area contributed by atoms with Crippen molar-refractivity contribution in [2.45, 2.75) is 45.4 Å². The zero-order chi connectivity index (χ0) is 10.5. The van der Waals surface area contributed by atoms with Crippen LogP contribution in [0, 0.1) is 0 Å². The first-order valence-corrected chi connectivity index (χ1v) is 6.26. The number of unbranched alkanes of at least 4 members (excludes halogenated alkanes) is 3. The van der Waals surface area contributed by atoms with Gasteiger partial charge in [0.05, 0.1) is 0 Å². The summed E-state index contributed by atoms with van der Waals surface area (Å²) in [6.07, 6.45) is 7.86. The lowest BCUT2D eigenvalue weighted by Crippen LogP contribution is -1.92. The third kappa shape index (κ3) is 2.74. The summed E-state index contributed by atoms with van der Waals surface area (Å²) in [4.78, 5) is 0. The van der Waals surface area contributed by atoms with Crippen molar-refractivity contribution in [3.8, 4) is 0 Å². The monoisotopic (exact) mass is 203 g/mol. The normalized spacial score (nSPS) is 13.7. The third-order valence-corrected chi connectivity index (χ3v) is 3.20. The van der Waals surface area contributed by atoms with E-state index in [2.05, 4.69) is 30.4 Å². The zero-order valence-corrected chi connectivity index (χ0v) is 9.68. The van der Waals surface area contributed by atoms with Gasteiger partial charge < -0.3 is 5.32 Å². The average Bonchev–Trinajstić information content (AvgIpc) is 2.71. The van der Waals surface area contributed by atoms with Gasteiger partial charge in [-0.05, 0) is 36.5 Å². The highest BCUT2D eigenvalue weighted by Crippen LogP contribution is 2.23. The van der Waals surface area contributed by atoms with Gasteiger partial charge in [-0.2, -0.15) is 0 Å². The number of fused-ring (bicyclic) bond motifs is 1. The van der Waals surface area contributed by atoms with Crippen molar-refractivity contribution in [2.24, 2.45) is 0 Å². The Morgan fingerprint density at radius 3 is 3.00 bits per heavy atom. The molecule has 0 aromatic heterocycles. The van der Waals surface area contributed by atoms with E-state index in [1.165, 1.54) is 55.3 Å². The van der Waals surface area contributed by atoms with Gasteiger partial charge in [0.25, 0.3) is 0 Å². The van der Waals surface area contributed by atoms with Crippen molar-refractivity contribution >= 4 is 5.69 Å². The summed E-state index contributed by atoms with van der Waals surface area (Å²) >= 11 is 0. The molecule has 0 aliphatic carbocycles. The molecule has 1 aliphatic rings. The van der Waals surface area contributed by atoms with E-state index in [0.717, 1.165) is 6.54 Å².